The van der Waals surface area contributed by atoms with Crippen molar-refractivity contribution in [2.24, 2.45) is 5.73 Å². The van der Waals surface area contributed by atoms with Crippen LogP contribution in [-0.4, -0.2) is 31.2 Å². The van der Waals surface area contributed by atoms with Crippen LogP contribution in [0.2, 0.25) is 0 Å². The van der Waals surface area contributed by atoms with E-state index in [1.807, 2.05) is 0 Å². The molecule has 0 aliphatic heterocycles. The van der Waals surface area contributed by atoms with Gasteiger partial charge in [-0.2, -0.15) is 0 Å². The number of hydrogen-bond donors (Lipinski definition) is 2. The zero-order chi connectivity index (χ0) is 11.1. The van der Waals surface area contributed by atoms with Crippen LogP contribution in [0.1, 0.15) is 39.0 Å². The van der Waals surface area contributed by atoms with Gasteiger partial charge in [0.25, 0.3) is 0 Å². The molecular weight excluding hydrogens is 192 g/mol. The summed E-state index contributed by atoms with van der Waals surface area (Å²) in [6, 6.07) is 0.373. The highest BCUT2D eigenvalue weighted by Crippen LogP contribution is 2.17. The lowest BCUT2D eigenvalue weighted by Gasteiger charge is -2.16. The molecular formula is C11H22N2O2. The van der Waals surface area contributed by atoms with E-state index in [9.17, 15) is 4.79 Å². The van der Waals surface area contributed by atoms with Crippen molar-refractivity contribution < 1.29 is 9.53 Å². The van der Waals surface area contributed by atoms with Crippen LogP contribution < -0.4 is 11.1 Å². The first-order chi connectivity index (χ1) is 7.24. The first-order valence-electron chi connectivity index (χ1n) is 5.86. The Morgan fingerprint density at radius 1 is 1.53 bits per heavy atom. The zero-order valence-corrected chi connectivity index (χ0v) is 9.50. The Morgan fingerprint density at radius 3 is 2.80 bits per heavy atom. The van der Waals surface area contributed by atoms with E-state index in [1.54, 1.807) is 6.92 Å². The van der Waals surface area contributed by atoms with E-state index in [0.717, 1.165) is 19.3 Å². The molecule has 0 spiro atoms. The topological polar surface area (TPSA) is 64.3 Å². The second-order valence-corrected chi connectivity index (χ2v) is 4.15. The van der Waals surface area contributed by atoms with E-state index >= 15 is 0 Å². The van der Waals surface area contributed by atoms with Crippen LogP contribution in [-0.2, 0) is 9.53 Å². The van der Waals surface area contributed by atoms with Crippen LogP contribution in [0.25, 0.3) is 0 Å². The highest BCUT2D eigenvalue weighted by Gasteiger charge is 2.20. The highest BCUT2D eigenvalue weighted by atomic mass is 16.5. The molecule has 1 unspecified atom stereocenters. The van der Waals surface area contributed by atoms with E-state index in [2.05, 4.69) is 5.32 Å². The van der Waals surface area contributed by atoms with Gasteiger partial charge in [0.05, 0.1) is 0 Å². The van der Waals surface area contributed by atoms with E-state index < -0.39 is 0 Å². The molecule has 4 heteroatoms. The number of carbonyl (C=O) groups excluding carboxylic acids is 1. The third kappa shape index (κ3) is 4.62. The normalized spacial score (nSPS) is 19.1. The Bertz CT molecular complexity index is 191. The number of nitrogens with one attached hydrogen (secondary N) is 1. The smallest absolute Gasteiger partial charge is 0.249 e. The molecule has 0 aromatic rings. The number of nitrogens with two attached hydrogens (primary N) is 1. The average Bonchev–Trinajstić information content (AvgIpc) is 2.70. The minimum atomic E-state index is -0.350. The monoisotopic (exact) mass is 214 g/mol. The summed E-state index contributed by atoms with van der Waals surface area (Å²) in [5, 5.41) is 3.01. The summed E-state index contributed by atoms with van der Waals surface area (Å²) in [5.41, 5.74) is 5.34. The maximum absolute atomic E-state index is 11.6. The Morgan fingerprint density at radius 2 is 2.20 bits per heavy atom. The Balaban J connectivity index is 2.14. The summed E-state index contributed by atoms with van der Waals surface area (Å²) < 4.78 is 5.36. The molecule has 0 aromatic heterocycles. The lowest BCUT2D eigenvalue weighted by molar-refractivity contribution is -0.132. The maximum Gasteiger partial charge on any atom is 0.249 e. The van der Waals surface area contributed by atoms with Gasteiger partial charge in [0.2, 0.25) is 5.91 Å². The van der Waals surface area contributed by atoms with E-state index in [4.69, 9.17) is 10.5 Å². The highest BCUT2D eigenvalue weighted by molar-refractivity contribution is 5.80. The van der Waals surface area contributed by atoms with Gasteiger partial charge in [-0.05, 0) is 32.7 Å². The second kappa shape index (κ2) is 6.80. The number of ether oxygens (including phenoxy) is 1. The molecule has 0 heterocycles. The molecule has 0 radical (unpaired) electrons. The third-order valence-electron chi connectivity index (χ3n) is 2.79. The number of rotatable bonds is 6. The van der Waals surface area contributed by atoms with Crippen molar-refractivity contribution in [1.29, 1.82) is 0 Å². The minimum absolute atomic E-state index is 0.0129. The van der Waals surface area contributed by atoms with E-state index in [1.165, 1.54) is 12.8 Å². The standard InChI is InChI=1S/C11H22N2O2/c1-9(15-8-4-7-12)11(14)13-10-5-2-3-6-10/h9-10H,2-8,12H2,1H3,(H,13,14). The minimum Gasteiger partial charge on any atom is -0.369 e. The van der Waals surface area contributed by atoms with Crippen molar-refractivity contribution >= 4 is 5.91 Å². The van der Waals surface area contributed by atoms with Gasteiger partial charge >= 0.3 is 0 Å². The third-order valence-corrected chi connectivity index (χ3v) is 2.79. The van der Waals surface area contributed by atoms with Gasteiger partial charge in [-0.3, -0.25) is 4.79 Å². The van der Waals surface area contributed by atoms with Gasteiger partial charge in [-0.1, -0.05) is 12.8 Å². The fourth-order valence-electron chi connectivity index (χ4n) is 1.81. The van der Waals surface area contributed by atoms with Crippen LogP contribution in [0.4, 0.5) is 0 Å². The molecule has 1 atom stereocenters. The summed E-state index contributed by atoms with van der Waals surface area (Å²) in [6.45, 7) is 2.97. The first kappa shape index (κ1) is 12.5. The zero-order valence-electron chi connectivity index (χ0n) is 9.50. The lowest BCUT2D eigenvalue weighted by Crippen LogP contribution is -2.40. The van der Waals surface area contributed by atoms with E-state index in [-0.39, 0.29) is 12.0 Å². The summed E-state index contributed by atoms with van der Waals surface area (Å²) in [6.07, 6.45) is 5.14. The molecule has 3 N–H and O–H groups in total. The predicted octanol–water partition coefficient (Wildman–Crippen LogP) is 0.799. The molecule has 1 saturated carbocycles. The summed E-state index contributed by atoms with van der Waals surface area (Å²) >= 11 is 0. The van der Waals surface area contributed by atoms with Crippen molar-refractivity contribution in [3.05, 3.63) is 0 Å². The van der Waals surface area contributed by atoms with Crippen LogP contribution in [0, 0.1) is 0 Å². The molecule has 88 valence electrons. The molecule has 0 aromatic carbocycles. The molecule has 0 saturated heterocycles. The first-order valence-corrected chi connectivity index (χ1v) is 5.86. The Kier molecular flexibility index (Phi) is 5.65. The molecule has 1 aliphatic carbocycles. The molecule has 4 nitrogen and oxygen atoms in total. The SMILES string of the molecule is CC(OCCCN)C(=O)NC1CCCC1. The number of amides is 1. The van der Waals surface area contributed by atoms with Crippen molar-refractivity contribution in [3.8, 4) is 0 Å². The molecule has 1 aliphatic rings. The van der Waals surface area contributed by atoms with Crippen molar-refractivity contribution in [2.45, 2.75) is 51.2 Å². The van der Waals surface area contributed by atoms with Crippen molar-refractivity contribution in [3.63, 3.8) is 0 Å². The molecule has 1 amide bonds. The quantitative estimate of drug-likeness (QED) is 0.643. The summed E-state index contributed by atoms with van der Waals surface area (Å²) in [5.74, 6) is 0.0129. The van der Waals surface area contributed by atoms with Gasteiger partial charge in [0, 0.05) is 12.6 Å². The summed E-state index contributed by atoms with van der Waals surface area (Å²) in [7, 11) is 0. The van der Waals surface area contributed by atoms with Crippen LogP contribution in [0.15, 0.2) is 0 Å². The van der Waals surface area contributed by atoms with Gasteiger partial charge in [0.15, 0.2) is 0 Å². The van der Waals surface area contributed by atoms with Gasteiger partial charge in [-0.25, -0.2) is 0 Å². The van der Waals surface area contributed by atoms with E-state index in [0.29, 0.717) is 19.2 Å². The fourth-order valence-corrected chi connectivity index (χ4v) is 1.81. The molecule has 1 rings (SSSR count). The molecule has 1 fully saturated rings. The molecule has 15 heavy (non-hydrogen) atoms. The van der Waals surface area contributed by atoms with Gasteiger partial charge in [-0.15, -0.1) is 0 Å². The average molecular weight is 214 g/mol. The van der Waals surface area contributed by atoms with Crippen molar-refractivity contribution in [1.82, 2.24) is 5.32 Å². The fraction of sp³-hybridized carbons (Fsp3) is 0.909. The lowest BCUT2D eigenvalue weighted by atomic mass is 10.2. The van der Waals surface area contributed by atoms with Crippen LogP contribution >= 0.6 is 0 Å². The Hall–Kier alpha value is -0.610. The largest absolute Gasteiger partial charge is 0.369 e. The molecule has 0 bridgehead atoms. The Labute approximate surface area is 91.5 Å². The van der Waals surface area contributed by atoms with Gasteiger partial charge in [0.1, 0.15) is 6.10 Å². The number of carbonyl (C=O) groups is 1. The second-order valence-electron chi connectivity index (χ2n) is 4.15. The predicted molar refractivity (Wildman–Crippen MR) is 59.5 cm³/mol. The number of hydrogen-bond acceptors (Lipinski definition) is 3. The van der Waals surface area contributed by atoms with Gasteiger partial charge < -0.3 is 15.8 Å². The maximum atomic E-state index is 11.6. The van der Waals surface area contributed by atoms with Crippen LogP contribution in [0.5, 0.6) is 0 Å². The van der Waals surface area contributed by atoms with Crippen LogP contribution in [0.3, 0.4) is 0 Å². The van der Waals surface area contributed by atoms with Crippen molar-refractivity contribution in [2.75, 3.05) is 13.2 Å². The summed E-state index contributed by atoms with van der Waals surface area (Å²) in [4.78, 5) is 11.6.